The Hall–Kier alpha value is -0.350. The Labute approximate surface area is 106 Å². The van der Waals surface area contributed by atoms with E-state index in [-0.39, 0.29) is 5.41 Å². The van der Waals surface area contributed by atoms with E-state index < -0.39 is 0 Å². The van der Waals surface area contributed by atoms with Crippen molar-refractivity contribution in [3.8, 4) is 0 Å². The standard InChI is InChI=1S/C12H19NOS2/c1-12(2,3)10-8-16-11(13-10)7-9(14)5-6-15-4/h8H,5-7H2,1-4H3. The predicted octanol–water partition coefficient (Wildman–Crippen LogP) is 3.31. The normalized spacial score (nSPS) is 11.8. The van der Waals surface area contributed by atoms with Gasteiger partial charge in [0, 0.05) is 17.2 Å². The molecule has 0 unspecified atom stereocenters. The van der Waals surface area contributed by atoms with Crippen LogP contribution in [0.1, 0.15) is 37.9 Å². The maximum atomic E-state index is 11.6. The molecule has 0 saturated heterocycles. The van der Waals surface area contributed by atoms with Crippen molar-refractivity contribution in [1.82, 2.24) is 4.98 Å². The van der Waals surface area contributed by atoms with Crippen LogP contribution in [-0.2, 0) is 16.6 Å². The topological polar surface area (TPSA) is 30.0 Å². The van der Waals surface area contributed by atoms with Crippen LogP contribution >= 0.6 is 23.1 Å². The lowest BCUT2D eigenvalue weighted by Gasteiger charge is -2.14. The summed E-state index contributed by atoms with van der Waals surface area (Å²) < 4.78 is 0. The van der Waals surface area contributed by atoms with Crippen LogP contribution in [0, 0.1) is 0 Å². The van der Waals surface area contributed by atoms with Gasteiger partial charge in [0.25, 0.3) is 0 Å². The van der Waals surface area contributed by atoms with E-state index in [4.69, 9.17) is 0 Å². The highest BCUT2D eigenvalue weighted by Crippen LogP contribution is 2.24. The number of hydrogen-bond acceptors (Lipinski definition) is 4. The number of thiazole rings is 1. The van der Waals surface area contributed by atoms with Gasteiger partial charge in [-0.25, -0.2) is 4.98 Å². The Kier molecular flexibility index (Phi) is 4.99. The molecule has 4 heteroatoms. The summed E-state index contributed by atoms with van der Waals surface area (Å²) in [5, 5.41) is 3.02. The van der Waals surface area contributed by atoms with Crippen molar-refractivity contribution in [3.05, 3.63) is 16.1 Å². The van der Waals surface area contributed by atoms with Crippen molar-refractivity contribution in [3.63, 3.8) is 0 Å². The lowest BCUT2D eigenvalue weighted by Crippen LogP contribution is -2.12. The molecule has 0 bridgehead atoms. The van der Waals surface area contributed by atoms with Crippen molar-refractivity contribution < 1.29 is 4.79 Å². The van der Waals surface area contributed by atoms with Gasteiger partial charge in [-0.2, -0.15) is 11.8 Å². The number of rotatable bonds is 5. The van der Waals surface area contributed by atoms with Gasteiger partial charge < -0.3 is 0 Å². The third kappa shape index (κ3) is 4.26. The van der Waals surface area contributed by atoms with Crippen molar-refractivity contribution >= 4 is 28.9 Å². The number of carbonyl (C=O) groups excluding carboxylic acids is 1. The zero-order valence-corrected chi connectivity index (χ0v) is 12.0. The fourth-order valence-electron chi connectivity index (χ4n) is 1.21. The predicted molar refractivity (Wildman–Crippen MR) is 72.5 cm³/mol. The smallest absolute Gasteiger partial charge is 0.140 e. The first-order valence-electron chi connectivity index (χ1n) is 5.39. The van der Waals surface area contributed by atoms with Crippen molar-refractivity contribution in [1.29, 1.82) is 0 Å². The van der Waals surface area contributed by atoms with E-state index in [9.17, 15) is 4.79 Å². The van der Waals surface area contributed by atoms with E-state index in [0.717, 1.165) is 16.5 Å². The average molecular weight is 257 g/mol. The van der Waals surface area contributed by atoms with E-state index in [1.165, 1.54) is 0 Å². The highest BCUT2D eigenvalue weighted by atomic mass is 32.2. The number of carbonyl (C=O) groups is 1. The third-order valence-corrected chi connectivity index (χ3v) is 3.71. The molecule has 0 aliphatic carbocycles. The summed E-state index contributed by atoms with van der Waals surface area (Å²) >= 11 is 3.31. The second-order valence-electron chi connectivity index (χ2n) is 4.83. The van der Waals surface area contributed by atoms with Crippen LogP contribution < -0.4 is 0 Å². The molecule has 1 aromatic rings. The van der Waals surface area contributed by atoms with Crippen LogP contribution in [0.5, 0.6) is 0 Å². The molecule has 0 fully saturated rings. The summed E-state index contributed by atoms with van der Waals surface area (Å²) in [6.45, 7) is 6.42. The first-order valence-corrected chi connectivity index (χ1v) is 7.66. The maximum absolute atomic E-state index is 11.6. The Morgan fingerprint density at radius 2 is 2.19 bits per heavy atom. The molecule has 0 aliphatic heterocycles. The Morgan fingerprint density at radius 1 is 1.50 bits per heavy atom. The van der Waals surface area contributed by atoms with Gasteiger partial charge in [0.15, 0.2) is 0 Å². The SMILES string of the molecule is CSCCC(=O)Cc1nc(C(C)(C)C)cs1. The first-order chi connectivity index (χ1) is 7.43. The van der Waals surface area contributed by atoms with E-state index in [0.29, 0.717) is 18.6 Å². The molecule has 0 amide bonds. The van der Waals surface area contributed by atoms with Crippen LogP contribution in [0.25, 0.3) is 0 Å². The van der Waals surface area contributed by atoms with Gasteiger partial charge in [0.05, 0.1) is 12.1 Å². The fourth-order valence-corrected chi connectivity index (χ4v) is 2.69. The zero-order valence-electron chi connectivity index (χ0n) is 10.4. The molecule has 1 rings (SSSR count). The lowest BCUT2D eigenvalue weighted by molar-refractivity contribution is -0.118. The molecule has 1 aromatic heterocycles. The highest BCUT2D eigenvalue weighted by Gasteiger charge is 2.18. The molecule has 16 heavy (non-hydrogen) atoms. The van der Waals surface area contributed by atoms with Crippen LogP contribution in [0.15, 0.2) is 5.38 Å². The van der Waals surface area contributed by atoms with Crippen molar-refractivity contribution in [2.75, 3.05) is 12.0 Å². The van der Waals surface area contributed by atoms with E-state index in [1.54, 1.807) is 23.1 Å². The van der Waals surface area contributed by atoms with Crippen LogP contribution in [-0.4, -0.2) is 22.8 Å². The fraction of sp³-hybridized carbons (Fsp3) is 0.667. The Morgan fingerprint density at radius 3 is 2.69 bits per heavy atom. The summed E-state index contributed by atoms with van der Waals surface area (Å²) in [5.74, 6) is 1.21. The number of hydrogen-bond donors (Lipinski definition) is 0. The van der Waals surface area contributed by atoms with Crippen LogP contribution in [0.4, 0.5) is 0 Å². The zero-order chi connectivity index (χ0) is 12.2. The number of nitrogens with zero attached hydrogens (tertiary/aromatic N) is 1. The van der Waals surface area contributed by atoms with Gasteiger partial charge in [0.2, 0.25) is 0 Å². The Bertz CT molecular complexity index is 352. The highest BCUT2D eigenvalue weighted by molar-refractivity contribution is 7.98. The van der Waals surface area contributed by atoms with Gasteiger partial charge in [-0.1, -0.05) is 20.8 Å². The molecule has 0 saturated carbocycles. The number of aromatic nitrogens is 1. The van der Waals surface area contributed by atoms with Crippen molar-refractivity contribution in [2.24, 2.45) is 0 Å². The largest absolute Gasteiger partial charge is 0.299 e. The van der Waals surface area contributed by atoms with E-state index >= 15 is 0 Å². The molecule has 0 N–H and O–H groups in total. The van der Waals surface area contributed by atoms with E-state index in [1.807, 2.05) is 6.26 Å². The molecule has 0 atom stereocenters. The summed E-state index contributed by atoms with van der Waals surface area (Å²) in [6, 6.07) is 0. The minimum Gasteiger partial charge on any atom is -0.299 e. The second-order valence-corrected chi connectivity index (χ2v) is 6.76. The molecule has 0 aliphatic rings. The molecule has 0 radical (unpaired) electrons. The molecule has 0 aromatic carbocycles. The number of thioether (sulfide) groups is 1. The van der Waals surface area contributed by atoms with Crippen LogP contribution in [0.3, 0.4) is 0 Å². The molecular formula is C12H19NOS2. The van der Waals surface area contributed by atoms with E-state index in [2.05, 4.69) is 31.1 Å². The monoisotopic (exact) mass is 257 g/mol. The van der Waals surface area contributed by atoms with Crippen molar-refractivity contribution in [2.45, 2.75) is 39.0 Å². The molecule has 90 valence electrons. The Balaban J connectivity index is 2.56. The molecule has 0 spiro atoms. The van der Waals surface area contributed by atoms with Gasteiger partial charge >= 0.3 is 0 Å². The third-order valence-electron chi connectivity index (χ3n) is 2.25. The maximum Gasteiger partial charge on any atom is 0.140 e. The van der Waals surface area contributed by atoms with Gasteiger partial charge in [0.1, 0.15) is 10.8 Å². The van der Waals surface area contributed by atoms with Gasteiger partial charge in [-0.3, -0.25) is 4.79 Å². The minimum absolute atomic E-state index is 0.0804. The molecule has 2 nitrogen and oxygen atoms in total. The minimum atomic E-state index is 0.0804. The number of ketones is 1. The van der Waals surface area contributed by atoms with Crippen LogP contribution in [0.2, 0.25) is 0 Å². The average Bonchev–Trinajstić information content (AvgIpc) is 2.62. The summed E-state index contributed by atoms with van der Waals surface area (Å²) in [4.78, 5) is 16.1. The lowest BCUT2D eigenvalue weighted by atomic mass is 9.93. The summed E-state index contributed by atoms with van der Waals surface area (Å²) in [5.41, 5.74) is 1.17. The summed E-state index contributed by atoms with van der Waals surface area (Å²) in [7, 11) is 0. The quantitative estimate of drug-likeness (QED) is 0.810. The molecule has 1 heterocycles. The summed E-state index contributed by atoms with van der Waals surface area (Å²) in [6.07, 6.45) is 3.18. The van der Waals surface area contributed by atoms with Gasteiger partial charge in [-0.05, 0) is 12.0 Å². The van der Waals surface area contributed by atoms with Gasteiger partial charge in [-0.15, -0.1) is 11.3 Å². The number of Topliss-reactive ketones (excluding diaryl/α,β-unsaturated/α-hetero) is 1. The second kappa shape index (κ2) is 5.82. The first kappa shape index (κ1) is 13.7. The molecular weight excluding hydrogens is 238 g/mol.